The van der Waals surface area contributed by atoms with Gasteiger partial charge in [0, 0.05) is 29.9 Å². The van der Waals surface area contributed by atoms with Gasteiger partial charge in [-0.05, 0) is 73.0 Å². The van der Waals surface area contributed by atoms with E-state index in [0.29, 0.717) is 36.6 Å². The fraction of sp³-hybridized carbons (Fsp3) is 0.417. The Morgan fingerprint density at radius 1 is 1.13 bits per heavy atom. The quantitative estimate of drug-likeness (QED) is 0.653. The van der Waals surface area contributed by atoms with Crippen molar-refractivity contribution < 1.29 is 9.53 Å². The molecule has 0 radical (unpaired) electrons. The Morgan fingerprint density at radius 2 is 2.00 bits per heavy atom. The summed E-state index contributed by atoms with van der Waals surface area (Å²) in [6, 6.07) is 16.8. The van der Waals surface area contributed by atoms with Crippen LogP contribution >= 0.6 is 0 Å². The molecule has 1 aliphatic heterocycles. The van der Waals surface area contributed by atoms with Gasteiger partial charge in [0.2, 0.25) is 0 Å². The summed E-state index contributed by atoms with van der Waals surface area (Å²) in [4.78, 5) is 15.2. The molecule has 3 aromatic rings. The molecule has 6 rings (SSSR count). The summed E-state index contributed by atoms with van der Waals surface area (Å²) in [5.41, 5.74) is 3.19. The van der Waals surface area contributed by atoms with Crippen LogP contribution in [0.15, 0.2) is 48.5 Å². The van der Waals surface area contributed by atoms with Gasteiger partial charge in [0.15, 0.2) is 0 Å². The van der Waals surface area contributed by atoms with E-state index in [2.05, 4.69) is 33.5 Å². The number of Topliss-reactive ketones (excluding diaryl/α,β-unsaturated/α-hetero) is 1. The molecule has 3 aliphatic rings. The van der Waals surface area contributed by atoms with Crippen molar-refractivity contribution in [3.8, 4) is 17.4 Å². The molecule has 31 heavy (non-hydrogen) atoms. The Labute approximate surface area is 181 Å². The van der Waals surface area contributed by atoms with E-state index >= 15 is 0 Å². The minimum Gasteiger partial charge on any atom is -0.423 e. The van der Waals surface area contributed by atoms with E-state index in [-0.39, 0.29) is 5.41 Å². The van der Waals surface area contributed by atoms with E-state index in [1.165, 1.54) is 11.1 Å². The topological polar surface area (TPSA) is 73.1 Å². The van der Waals surface area contributed by atoms with Gasteiger partial charge in [-0.2, -0.15) is 4.68 Å². The Balaban J connectivity index is 1.47. The number of aromatic nitrogens is 4. The number of hydrogen-bond donors (Lipinski definition) is 0. The lowest BCUT2D eigenvalue weighted by atomic mass is 9.52. The maximum Gasteiger partial charge on any atom is 0.345 e. The molecule has 0 N–H and O–H groups in total. The number of benzene rings is 2. The number of piperidine rings is 1. The lowest BCUT2D eigenvalue weighted by Gasteiger charge is -2.58. The monoisotopic (exact) mass is 415 g/mol. The lowest BCUT2D eigenvalue weighted by molar-refractivity contribution is -0.126. The summed E-state index contributed by atoms with van der Waals surface area (Å²) in [5.74, 6) is 1.63. The standard InChI is InChI=1S/C24H25N5O2/c1-28-13-12-24-15-18(30)10-11-19(24)20(28)14-16-6-5-9-21(22(16)24)31-23-25-26-27-29(23)17-7-3-2-4-8-17/h2-9,19-20H,10-15H2,1H3/t19-,20+,24-/m0/s1. The smallest absolute Gasteiger partial charge is 0.345 e. The van der Waals surface area contributed by atoms with Crippen LogP contribution in [0.25, 0.3) is 5.69 Å². The van der Waals surface area contributed by atoms with Crippen molar-refractivity contribution >= 4 is 5.78 Å². The molecular weight excluding hydrogens is 390 g/mol. The van der Waals surface area contributed by atoms with Gasteiger partial charge in [-0.25, -0.2) is 0 Å². The van der Waals surface area contributed by atoms with E-state index in [1.54, 1.807) is 4.68 Å². The first-order valence-corrected chi connectivity index (χ1v) is 11.0. The van der Waals surface area contributed by atoms with Crippen LogP contribution in [-0.4, -0.2) is 50.5 Å². The summed E-state index contributed by atoms with van der Waals surface area (Å²) in [6.07, 6.45) is 4.24. The van der Waals surface area contributed by atoms with Gasteiger partial charge in [-0.3, -0.25) is 4.79 Å². The average molecular weight is 415 g/mol. The molecule has 7 heteroatoms. The van der Waals surface area contributed by atoms with Crippen molar-refractivity contribution in [1.82, 2.24) is 25.1 Å². The number of ether oxygens (including phenoxy) is 1. The Hall–Kier alpha value is -3.06. The van der Waals surface area contributed by atoms with Crippen LogP contribution < -0.4 is 4.74 Å². The summed E-state index contributed by atoms with van der Waals surface area (Å²) in [6.45, 7) is 1.00. The highest BCUT2D eigenvalue weighted by atomic mass is 16.5. The highest BCUT2D eigenvalue weighted by Gasteiger charge is 2.56. The van der Waals surface area contributed by atoms with Crippen molar-refractivity contribution in [2.75, 3.05) is 13.6 Å². The minimum absolute atomic E-state index is 0.151. The second kappa shape index (κ2) is 6.99. The minimum atomic E-state index is -0.151. The zero-order chi connectivity index (χ0) is 21.0. The highest BCUT2D eigenvalue weighted by Crippen LogP contribution is 2.57. The van der Waals surface area contributed by atoms with Gasteiger partial charge in [0.1, 0.15) is 11.5 Å². The van der Waals surface area contributed by atoms with Crippen LogP contribution in [0.2, 0.25) is 0 Å². The van der Waals surface area contributed by atoms with E-state index in [9.17, 15) is 4.79 Å². The lowest BCUT2D eigenvalue weighted by Crippen LogP contribution is -2.61. The predicted molar refractivity (Wildman–Crippen MR) is 114 cm³/mol. The van der Waals surface area contributed by atoms with Crippen LogP contribution in [0.3, 0.4) is 0 Å². The molecule has 2 aromatic carbocycles. The number of nitrogens with zero attached hydrogens (tertiary/aromatic N) is 5. The third-order valence-electron chi connectivity index (χ3n) is 7.58. The molecule has 158 valence electrons. The first-order chi connectivity index (χ1) is 15.2. The zero-order valence-corrected chi connectivity index (χ0v) is 17.6. The van der Waals surface area contributed by atoms with Gasteiger partial charge in [-0.15, -0.1) is 0 Å². The molecule has 0 unspecified atom stereocenters. The Bertz CT molecular complexity index is 1140. The number of fused-ring (bicyclic) bond motifs is 1. The van der Waals surface area contributed by atoms with Crippen LogP contribution in [-0.2, 0) is 16.6 Å². The zero-order valence-electron chi connectivity index (χ0n) is 17.6. The molecule has 2 fully saturated rings. The van der Waals surface area contributed by atoms with E-state index in [4.69, 9.17) is 4.74 Å². The molecule has 1 aromatic heterocycles. The third-order valence-corrected chi connectivity index (χ3v) is 7.58. The first-order valence-electron chi connectivity index (χ1n) is 11.0. The fourth-order valence-corrected chi connectivity index (χ4v) is 6.24. The maximum absolute atomic E-state index is 12.7. The third kappa shape index (κ3) is 2.83. The molecule has 2 aliphatic carbocycles. The van der Waals surface area contributed by atoms with E-state index < -0.39 is 0 Å². The van der Waals surface area contributed by atoms with Crippen molar-refractivity contribution in [3.63, 3.8) is 0 Å². The van der Waals surface area contributed by atoms with Gasteiger partial charge < -0.3 is 9.64 Å². The summed E-state index contributed by atoms with van der Waals surface area (Å²) in [7, 11) is 2.23. The van der Waals surface area contributed by atoms with Gasteiger partial charge >= 0.3 is 6.01 Å². The molecule has 1 saturated carbocycles. The second-order valence-corrected chi connectivity index (χ2v) is 9.12. The molecule has 0 spiro atoms. The number of tetrazole rings is 1. The van der Waals surface area contributed by atoms with Crippen LogP contribution in [0.4, 0.5) is 0 Å². The highest BCUT2D eigenvalue weighted by molar-refractivity contribution is 5.82. The molecule has 2 bridgehead atoms. The van der Waals surface area contributed by atoms with Crippen molar-refractivity contribution in [1.29, 1.82) is 0 Å². The largest absolute Gasteiger partial charge is 0.423 e. The number of para-hydroxylation sites is 1. The molecule has 1 saturated heterocycles. The summed E-state index contributed by atoms with van der Waals surface area (Å²) in [5, 5.41) is 12.1. The number of carbonyl (C=O) groups is 1. The molecule has 3 atom stereocenters. The van der Waals surface area contributed by atoms with Gasteiger partial charge in [0.05, 0.1) is 5.69 Å². The number of likely N-dealkylation sites (tertiary alicyclic amines) is 1. The molecule has 7 nitrogen and oxygen atoms in total. The fourth-order valence-electron chi connectivity index (χ4n) is 6.24. The van der Waals surface area contributed by atoms with Gasteiger partial charge in [0.25, 0.3) is 0 Å². The summed E-state index contributed by atoms with van der Waals surface area (Å²) < 4.78 is 8.01. The average Bonchev–Trinajstić information content (AvgIpc) is 3.24. The van der Waals surface area contributed by atoms with Crippen LogP contribution in [0.1, 0.15) is 36.8 Å². The predicted octanol–water partition coefficient (Wildman–Crippen LogP) is 3.32. The molecule has 2 heterocycles. The second-order valence-electron chi connectivity index (χ2n) is 9.12. The molecule has 0 amide bonds. The Morgan fingerprint density at radius 3 is 2.87 bits per heavy atom. The summed E-state index contributed by atoms with van der Waals surface area (Å²) >= 11 is 0. The number of hydrogen-bond acceptors (Lipinski definition) is 6. The van der Waals surface area contributed by atoms with Crippen LogP contribution in [0, 0.1) is 5.92 Å². The van der Waals surface area contributed by atoms with Crippen molar-refractivity contribution in [3.05, 3.63) is 59.7 Å². The number of carbonyl (C=O) groups excluding carboxylic acids is 1. The Kier molecular flexibility index (Phi) is 4.21. The van der Waals surface area contributed by atoms with Crippen LogP contribution in [0.5, 0.6) is 11.8 Å². The maximum atomic E-state index is 12.7. The van der Waals surface area contributed by atoms with Gasteiger partial charge in [-0.1, -0.05) is 35.4 Å². The van der Waals surface area contributed by atoms with E-state index in [0.717, 1.165) is 37.2 Å². The number of likely N-dealkylation sites (N-methyl/N-ethyl adjacent to an activating group) is 1. The van der Waals surface area contributed by atoms with E-state index in [1.807, 2.05) is 42.5 Å². The van der Waals surface area contributed by atoms with Crippen molar-refractivity contribution in [2.24, 2.45) is 5.92 Å². The first kappa shape index (κ1) is 18.7. The molecular formula is C24H25N5O2. The number of ketones is 1. The number of rotatable bonds is 3. The normalized spacial score (nSPS) is 27.5. The SMILES string of the molecule is CN1CC[C@]23CC(=O)CC[C@H]2[C@H]1Cc1cccc(Oc2nnnn2-c2ccccc2)c13. The van der Waals surface area contributed by atoms with Crippen molar-refractivity contribution in [2.45, 2.75) is 43.6 Å².